The van der Waals surface area contributed by atoms with Crippen LogP contribution in [-0.4, -0.2) is 61.7 Å². The highest BCUT2D eigenvalue weighted by Gasteiger charge is 2.57. The fourth-order valence-electron chi connectivity index (χ4n) is 6.48. The number of fused-ring (bicyclic) bond motifs is 5. The predicted molar refractivity (Wildman–Crippen MR) is 128 cm³/mol. The molecule has 7 heteroatoms. The van der Waals surface area contributed by atoms with Crippen LogP contribution >= 0.6 is 0 Å². The van der Waals surface area contributed by atoms with Gasteiger partial charge in [-0.3, -0.25) is 0 Å². The van der Waals surface area contributed by atoms with Crippen molar-refractivity contribution in [2.75, 3.05) is 19.6 Å². The molecule has 2 aliphatic heterocycles. The van der Waals surface area contributed by atoms with Gasteiger partial charge < -0.3 is 14.8 Å². The number of urea groups is 1. The van der Waals surface area contributed by atoms with Crippen molar-refractivity contribution in [2.24, 2.45) is 5.41 Å². The van der Waals surface area contributed by atoms with E-state index in [1.165, 1.54) is 17.5 Å². The van der Waals surface area contributed by atoms with Gasteiger partial charge in [-0.15, -0.1) is 0 Å². The number of aromatic nitrogens is 4. The Balaban J connectivity index is 1.41. The minimum absolute atomic E-state index is 0.00451. The molecular weight excluding hydrogens is 412 g/mol. The summed E-state index contributed by atoms with van der Waals surface area (Å²) in [6.07, 6.45) is 8.77. The number of H-pyrrole nitrogens is 1. The topological polar surface area (TPSA) is 78.0 Å². The fourth-order valence-corrected chi connectivity index (χ4v) is 6.48. The second-order valence-corrected chi connectivity index (χ2v) is 10.8. The Morgan fingerprint density at radius 1 is 1.09 bits per heavy atom. The highest BCUT2D eigenvalue weighted by molar-refractivity contribution is 5.82. The third-order valence-electron chi connectivity index (χ3n) is 8.93. The normalized spacial score (nSPS) is 26.3. The number of carbonyl (C=O) groups excluding carboxylic acids is 1. The maximum atomic E-state index is 13.6. The van der Waals surface area contributed by atoms with Crippen molar-refractivity contribution in [1.29, 1.82) is 0 Å². The Bertz CT molecular complexity index is 1210. The summed E-state index contributed by atoms with van der Waals surface area (Å²) >= 11 is 0. The van der Waals surface area contributed by atoms with Gasteiger partial charge in [0.1, 0.15) is 5.82 Å². The van der Waals surface area contributed by atoms with Gasteiger partial charge in [-0.25, -0.2) is 9.78 Å². The lowest BCUT2D eigenvalue weighted by Gasteiger charge is -2.61. The second kappa shape index (κ2) is 7.27. The monoisotopic (exact) mass is 444 g/mol. The molecule has 2 amide bonds. The van der Waals surface area contributed by atoms with E-state index in [1.807, 2.05) is 6.07 Å². The van der Waals surface area contributed by atoms with Crippen LogP contribution in [-0.2, 0) is 11.8 Å². The molecule has 4 heterocycles. The molecule has 0 spiro atoms. The number of carbonyl (C=O) groups is 1. The van der Waals surface area contributed by atoms with Crippen molar-refractivity contribution in [1.82, 2.24) is 30.0 Å². The zero-order chi connectivity index (χ0) is 22.8. The number of imidazole rings is 1. The van der Waals surface area contributed by atoms with E-state index in [0.29, 0.717) is 0 Å². The largest absolute Gasteiger partial charge is 0.338 e. The van der Waals surface area contributed by atoms with Gasteiger partial charge >= 0.3 is 6.03 Å². The molecule has 0 radical (unpaired) electrons. The number of piperidine rings is 2. The van der Waals surface area contributed by atoms with Crippen molar-refractivity contribution in [3.63, 3.8) is 0 Å². The highest BCUT2D eigenvalue weighted by atomic mass is 16.2. The Labute approximate surface area is 194 Å². The molecule has 2 atom stereocenters. The number of hydrogen-bond acceptors (Lipinski definition) is 4. The Morgan fingerprint density at radius 3 is 2.67 bits per heavy atom. The summed E-state index contributed by atoms with van der Waals surface area (Å²) in [4.78, 5) is 26.2. The minimum atomic E-state index is -0.0223. The lowest BCUT2D eigenvalue weighted by Crippen LogP contribution is -2.66. The molecule has 33 heavy (non-hydrogen) atoms. The maximum Gasteiger partial charge on any atom is 0.320 e. The van der Waals surface area contributed by atoms with E-state index in [0.717, 1.165) is 67.7 Å². The molecule has 6 rings (SSSR count). The lowest BCUT2D eigenvalue weighted by molar-refractivity contribution is -0.0241. The van der Waals surface area contributed by atoms with E-state index >= 15 is 0 Å². The minimum Gasteiger partial charge on any atom is -0.338 e. The molecule has 2 bridgehead atoms. The van der Waals surface area contributed by atoms with E-state index in [1.54, 1.807) is 12.4 Å². The van der Waals surface area contributed by atoms with Crippen molar-refractivity contribution >= 4 is 17.1 Å². The Hall–Kier alpha value is -2.96. The van der Waals surface area contributed by atoms with Gasteiger partial charge in [0.15, 0.2) is 0 Å². The van der Waals surface area contributed by atoms with E-state index in [-0.39, 0.29) is 22.9 Å². The summed E-state index contributed by atoms with van der Waals surface area (Å²) < 4.78 is 0. The maximum absolute atomic E-state index is 13.6. The third-order valence-corrected chi connectivity index (χ3v) is 8.93. The molecule has 1 aromatic carbocycles. The molecular formula is C26H32N6O. The van der Waals surface area contributed by atoms with Gasteiger partial charge in [-0.1, -0.05) is 20.8 Å². The van der Waals surface area contributed by atoms with Crippen molar-refractivity contribution in [3.8, 4) is 11.4 Å². The first-order valence-corrected chi connectivity index (χ1v) is 12.2. The van der Waals surface area contributed by atoms with Gasteiger partial charge in [0.2, 0.25) is 0 Å². The van der Waals surface area contributed by atoms with E-state index in [2.05, 4.69) is 57.9 Å². The first-order valence-electron chi connectivity index (χ1n) is 12.2. The number of likely N-dealkylation sites (tertiary alicyclic amines) is 2. The number of nitrogens with zero attached hydrogens (tertiary/aromatic N) is 5. The number of rotatable bonds is 1. The van der Waals surface area contributed by atoms with Crippen LogP contribution in [0.4, 0.5) is 4.79 Å². The number of amides is 2. The highest BCUT2D eigenvalue weighted by Crippen LogP contribution is 2.56. The molecule has 172 valence electrons. The van der Waals surface area contributed by atoms with Crippen molar-refractivity contribution < 1.29 is 4.79 Å². The summed E-state index contributed by atoms with van der Waals surface area (Å²) in [5.74, 6) is 0.816. The summed E-state index contributed by atoms with van der Waals surface area (Å²) in [6.45, 7) is 9.74. The standard InChI is InChI=1S/C26H32N6O/c1-25(2)22-14-18-13-20-21(30-23(29-20)17-7-9-27-28-16-17)15-19(18)26(25,3)8-12-32(22)24(33)31-10-5-4-6-11-31/h7,9,13,15-16,22H,4-6,8,10-12,14H2,1-3H3,(H,29,30)/t22-,26+/m1/s1. The van der Waals surface area contributed by atoms with Crippen LogP contribution in [0, 0.1) is 5.41 Å². The van der Waals surface area contributed by atoms with Crippen LogP contribution in [0.1, 0.15) is 57.6 Å². The van der Waals surface area contributed by atoms with Crippen LogP contribution in [0.2, 0.25) is 0 Å². The molecule has 2 aromatic heterocycles. The molecule has 1 aliphatic carbocycles. The number of hydrogen-bond donors (Lipinski definition) is 1. The molecule has 1 N–H and O–H groups in total. The second-order valence-electron chi connectivity index (χ2n) is 10.8. The molecule has 3 aromatic rings. The van der Waals surface area contributed by atoms with Crippen LogP contribution < -0.4 is 0 Å². The van der Waals surface area contributed by atoms with Crippen molar-refractivity contribution in [2.45, 2.75) is 64.3 Å². The van der Waals surface area contributed by atoms with Crippen LogP contribution in [0.15, 0.2) is 30.6 Å². The number of benzene rings is 1. The molecule has 0 unspecified atom stereocenters. The summed E-state index contributed by atoms with van der Waals surface area (Å²) in [5.41, 5.74) is 5.67. The molecule has 3 aliphatic rings. The third kappa shape index (κ3) is 3.01. The molecule has 0 saturated carbocycles. The van der Waals surface area contributed by atoms with E-state index in [4.69, 9.17) is 4.98 Å². The molecule has 2 fully saturated rings. The molecule has 7 nitrogen and oxygen atoms in total. The molecule has 2 saturated heterocycles. The smallest absolute Gasteiger partial charge is 0.320 e. The van der Waals surface area contributed by atoms with Crippen molar-refractivity contribution in [3.05, 3.63) is 41.7 Å². The van der Waals surface area contributed by atoms with Gasteiger partial charge in [-0.05, 0) is 66.8 Å². The van der Waals surface area contributed by atoms with Gasteiger partial charge in [0, 0.05) is 36.7 Å². The summed E-state index contributed by atoms with van der Waals surface area (Å²) in [6, 6.07) is 6.92. The Morgan fingerprint density at radius 2 is 1.91 bits per heavy atom. The SMILES string of the molecule is CC1(C)[C@H]2Cc3cc4[nH]c(-c5ccnnc5)nc4cc3[C@]1(C)CCN2C(=O)N1CCCCC1. The average Bonchev–Trinajstić information content (AvgIpc) is 3.25. The number of aromatic amines is 1. The summed E-state index contributed by atoms with van der Waals surface area (Å²) in [7, 11) is 0. The quantitative estimate of drug-likeness (QED) is 0.598. The van der Waals surface area contributed by atoms with Gasteiger partial charge in [0.05, 0.1) is 23.4 Å². The Kier molecular flexibility index (Phi) is 4.55. The van der Waals surface area contributed by atoms with Gasteiger partial charge in [0.25, 0.3) is 0 Å². The number of nitrogens with one attached hydrogen (secondary N) is 1. The van der Waals surface area contributed by atoms with E-state index < -0.39 is 0 Å². The lowest BCUT2D eigenvalue weighted by atomic mass is 9.51. The fraction of sp³-hybridized carbons (Fsp3) is 0.538. The average molecular weight is 445 g/mol. The van der Waals surface area contributed by atoms with E-state index in [9.17, 15) is 4.79 Å². The first kappa shape index (κ1) is 20.6. The zero-order valence-corrected chi connectivity index (χ0v) is 19.8. The van der Waals surface area contributed by atoms with Crippen LogP contribution in [0.3, 0.4) is 0 Å². The van der Waals surface area contributed by atoms with Crippen LogP contribution in [0.25, 0.3) is 22.4 Å². The zero-order valence-electron chi connectivity index (χ0n) is 19.8. The van der Waals surface area contributed by atoms with Gasteiger partial charge in [-0.2, -0.15) is 10.2 Å². The van der Waals surface area contributed by atoms with Crippen LogP contribution in [0.5, 0.6) is 0 Å². The summed E-state index contributed by atoms with van der Waals surface area (Å²) in [5, 5.41) is 7.87. The predicted octanol–water partition coefficient (Wildman–Crippen LogP) is 4.54. The first-order chi connectivity index (χ1) is 15.9.